The van der Waals surface area contributed by atoms with E-state index in [0.717, 1.165) is 18.7 Å². The van der Waals surface area contributed by atoms with Gasteiger partial charge in [-0.3, -0.25) is 0 Å². The Morgan fingerprint density at radius 3 is 2.83 bits per heavy atom. The summed E-state index contributed by atoms with van der Waals surface area (Å²) in [5, 5.41) is 0.242. The molecule has 0 fully saturated rings. The number of aromatic nitrogens is 2. The molecule has 2 rings (SSSR count). The van der Waals surface area contributed by atoms with E-state index in [4.69, 9.17) is 5.73 Å². The number of rotatable bonds is 4. The summed E-state index contributed by atoms with van der Waals surface area (Å²) in [5.41, 5.74) is 4.88. The fourth-order valence-electron chi connectivity index (χ4n) is 1.90. The quantitative estimate of drug-likeness (QED) is 0.834. The van der Waals surface area contributed by atoms with Gasteiger partial charge in [0.25, 0.3) is 10.0 Å². The molecule has 1 aliphatic heterocycles. The minimum Gasteiger partial charge on any atom is -0.329 e. The largest absolute Gasteiger partial charge is 0.329 e. The van der Waals surface area contributed by atoms with Crippen LogP contribution in [0.3, 0.4) is 0 Å². The second-order valence-electron chi connectivity index (χ2n) is 4.96. The van der Waals surface area contributed by atoms with Crippen LogP contribution in [0, 0.1) is 0 Å². The van der Waals surface area contributed by atoms with Gasteiger partial charge in [0.1, 0.15) is 5.82 Å². The Morgan fingerprint density at radius 2 is 2.22 bits per heavy atom. The first kappa shape index (κ1) is 15.4. The summed E-state index contributed by atoms with van der Waals surface area (Å²) in [5.74, 6) is 0.843. The second-order valence-corrected chi connectivity index (χ2v) is 6.59. The zero-order valence-corrected chi connectivity index (χ0v) is 12.1. The van der Waals surface area contributed by atoms with E-state index in [2.05, 4.69) is 9.71 Å². The Bertz CT molecular complexity index is 524. The zero-order chi connectivity index (χ0) is 12.7. The lowest BCUT2D eigenvalue weighted by molar-refractivity contribution is 0.458. The molecule has 1 aromatic rings. The van der Waals surface area contributed by atoms with Gasteiger partial charge in [0, 0.05) is 25.0 Å². The van der Waals surface area contributed by atoms with Crippen LogP contribution in [-0.4, -0.2) is 30.1 Å². The molecular weight excluding hydrogens is 276 g/mol. The molecule has 0 spiro atoms. The monoisotopic (exact) mass is 294 g/mol. The molecule has 8 heteroatoms. The highest BCUT2D eigenvalue weighted by molar-refractivity contribution is 7.89. The number of hydrogen-bond donors (Lipinski definition) is 2. The van der Waals surface area contributed by atoms with E-state index < -0.39 is 15.6 Å². The first-order chi connectivity index (χ1) is 7.86. The number of nitrogens with two attached hydrogens (primary N) is 1. The van der Waals surface area contributed by atoms with E-state index in [1.165, 1.54) is 6.20 Å². The summed E-state index contributed by atoms with van der Waals surface area (Å²) in [4.78, 5) is 4.13. The van der Waals surface area contributed by atoms with Gasteiger partial charge in [-0.05, 0) is 20.3 Å². The molecule has 0 aromatic carbocycles. The van der Waals surface area contributed by atoms with Crippen LogP contribution in [0.15, 0.2) is 11.2 Å². The number of halogens is 1. The molecule has 0 unspecified atom stereocenters. The van der Waals surface area contributed by atoms with Crippen molar-refractivity contribution in [2.75, 3.05) is 6.54 Å². The molecule has 3 N–H and O–H groups in total. The number of nitrogens with one attached hydrogen (secondary N) is 1. The molecule has 0 saturated carbocycles. The Balaban J connectivity index is 0.00000162. The fraction of sp³-hybridized carbons (Fsp3) is 0.700. The van der Waals surface area contributed by atoms with Gasteiger partial charge in [0.15, 0.2) is 5.03 Å². The first-order valence-corrected chi connectivity index (χ1v) is 7.12. The molecule has 0 saturated heterocycles. The Labute approximate surface area is 113 Å². The third-order valence-electron chi connectivity index (χ3n) is 2.88. The molecule has 0 atom stereocenters. The third-order valence-corrected chi connectivity index (χ3v) is 4.58. The minimum atomic E-state index is -3.54. The number of hydrogen-bond acceptors (Lipinski definition) is 4. The predicted molar refractivity (Wildman–Crippen MR) is 71.3 cm³/mol. The van der Waals surface area contributed by atoms with Gasteiger partial charge >= 0.3 is 0 Å². The highest BCUT2D eigenvalue weighted by Crippen LogP contribution is 2.20. The SMILES string of the molecule is CC(C)(CN)NS(=O)(=O)c1cnc2n1CCC2.Cl. The summed E-state index contributed by atoms with van der Waals surface area (Å²) in [6.07, 6.45) is 3.21. The maximum atomic E-state index is 12.2. The van der Waals surface area contributed by atoms with Crippen LogP contribution in [0.25, 0.3) is 0 Å². The third kappa shape index (κ3) is 2.85. The van der Waals surface area contributed by atoms with E-state index in [9.17, 15) is 8.42 Å². The summed E-state index contributed by atoms with van der Waals surface area (Å²) in [7, 11) is -3.54. The lowest BCUT2D eigenvalue weighted by atomic mass is 10.1. The molecular formula is C10H19ClN4O2S. The summed E-state index contributed by atoms with van der Waals surface area (Å²) < 4.78 is 28.8. The van der Waals surface area contributed by atoms with Crippen LogP contribution in [0.5, 0.6) is 0 Å². The van der Waals surface area contributed by atoms with Crippen molar-refractivity contribution in [3.8, 4) is 0 Å². The van der Waals surface area contributed by atoms with Crippen molar-refractivity contribution in [2.24, 2.45) is 5.73 Å². The predicted octanol–water partition coefficient (Wildman–Crippen LogP) is 0.267. The molecule has 1 aromatic heterocycles. The van der Waals surface area contributed by atoms with E-state index in [1.807, 2.05) is 0 Å². The molecule has 1 aliphatic rings. The lowest BCUT2D eigenvalue weighted by Crippen LogP contribution is -2.49. The fourth-order valence-corrected chi connectivity index (χ4v) is 3.50. The zero-order valence-electron chi connectivity index (χ0n) is 10.5. The van der Waals surface area contributed by atoms with Crippen LogP contribution in [-0.2, 0) is 23.0 Å². The average molecular weight is 295 g/mol. The van der Waals surface area contributed by atoms with Crippen molar-refractivity contribution >= 4 is 22.4 Å². The van der Waals surface area contributed by atoms with Crippen molar-refractivity contribution in [3.63, 3.8) is 0 Å². The Morgan fingerprint density at radius 1 is 1.56 bits per heavy atom. The number of aryl methyl sites for hydroxylation is 1. The van der Waals surface area contributed by atoms with Crippen LogP contribution < -0.4 is 10.5 Å². The van der Waals surface area contributed by atoms with Crippen molar-refractivity contribution in [3.05, 3.63) is 12.0 Å². The summed E-state index contributed by atoms with van der Waals surface area (Å²) >= 11 is 0. The average Bonchev–Trinajstić information content (AvgIpc) is 2.75. The van der Waals surface area contributed by atoms with Gasteiger partial charge in [-0.15, -0.1) is 12.4 Å². The molecule has 0 aliphatic carbocycles. The van der Waals surface area contributed by atoms with Crippen LogP contribution in [0.4, 0.5) is 0 Å². The van der Waals surface area contributed by atoms with Gasteiger partial charge in [-0.1, -0.05) is 0 Å². The lowest BCUT2D eigenvalue weighted by Gasteiger charge is -2.23. The second kappa shape index (κ2) is 5.16. The minimum absolute atomic E-state index is 0. The molecule has 0 radical (unpaired) electrons. The number of nitrogens with zero attached hydrogens (tertiary/aromatic N) is 2. The topological polar surface area (TPSA) is 90.0 Å². The van der Waals surface area contributed by atoms with Gasteiger partial charge in [0.05, 0.1) is 6.20 Å². The smallest absolute Gasteiger partial charge is 0.258 e. The van der Waals surface area contributed by atoms with Gasteiger partial charge in [-0.25, -0.2) is 18.1 Å². The van der Waals surface area contributed by atoms with Crippen LogP contribution in [0.1, 0.15) is 26.1 Å². The maximum absolute atomic E-state index is 12.2. The summed E-state index contributed by atoms with van der Waals surface area (Å²) in [6.45, 7) is 4.47. The molecule has 0 bridgehead atoms. The van der Waals surface area contributed by atoms with Crippen molar-refractivity contribution in [1.82, 2.24) is 14.3 Å². The van der Waals surface area contributed by atoms with Gasteiger partial charge in [0.2, 0.25) is 0 Å². The highest BCUT2D eigenvalue weighted by atomic mass is 35.5. The Kier molecular flexibility index (Phi) is 4.42. The molecule has 0 amide bonds. The van der Waals surface area contributed by atoms with Crippen molar-refractivity contribution in [1.29, 1.82) is 0 Å². The van der Waals surface area contributed by atoms with E-state index >= 15 is 0 Å². The molecule has 2 heterocycles. The maximum Gasteiger partial charge on any atom is 0.258 e. The van der Waals surface area contributed by atoms with E-state index in [-0.39, 0.29) is 24.0 Å². The number of sulfonamides is 1. The van der Waals surface area contributed by atoms with Crippen LogP contribution >= 0.6 is 12.4 Å². The molecule has 104 valence electrons. The molecule has 6 nitrogen and oxygen atoms in total. The van der Waals surface area contributed by atoms with E-state index in [1.54, 1.807) is 18.4 Å². The van der Waals surface area contributed by atoms with Crippen molar-refractivity contribution < 1.29 is 8.42 Å². The van der Waals surface area contributed by atoms with Gasteiger partial charge < -0.3 is 10.3 Å². The Hall–Kier alpha value is -0.630. The number of imidazole rings is 1. The summed E-state index contributed by atoms with van der Waals surface area (Å²) in [6, 6.07) is 0. The highest BCUT2D eigenvalue weighted by Gasteiger charge is 2.29. The molecule has 18 heavy (non-hydrogen) atoms. The van der Waals surface area contributed by atoms with Crippen LogP contribution in [0.2, 0.25) is 0 Å². The van der Waals surface area contributed by atoms with Gasteiger partial charge in [-0.2, -0.15) is 0 Å². The normalized spacial score (nSPS) is 15.3. The first-order valence-electron chi connectivity index (χ1n) is 5.64. The standard InChI is InChI=1S/C10H18N4O2S.ClH/c1-10(2,7-11)13-17(15,16)9-6-12-8-4-3-5-14(8)9;/h6,13H,3-5,7,11H2,1-2H3;1H. The van der Waals surface area contributed by atoms with Crippen molar-refractivity contribution in [2.45, 2.75) is 43.8 Å². The van der Waals surface area contributed by atoms with E-state index in [0.29, 0.717) is 6.54 Å². The number of fused-ring (bicyclic) bond motifs is 1.